The third-order valence-electron chi connectivity index (χ3n) is 4.01. The average molecular weight is 402 g/mol. The fourth-order valence-corrected chi connectivity index (χ4v) is 3.99. The van der Waals surface area contributed by atoms with Gasteiger partial charge in [-0.1, -0.05) is 30.3 Å². The van der Waals surface area contributed by atoms with Crippen LogP contribution < -0.4 is 10.5 Å². The van der Waals surface area contributed by atoms with Gasteiger partial charge in [0.25, 0.3) is 0 Å². The summed E-state index contributed by atoms with van der Waals surface area (Å²) in [5, 5.41) is 9.35. The minimum atomic E-state index is -3.88. The monoisotopic (exact) mass is 402 g/mol. The summed E-state index contributed by atoms with van der Waals surface area (Å²) in [4.78, 5) is 7.70. The molecule has 1 heterocycles. The summed E-state index contributed by atoms with van der Waals surface area (Å²) in [7, 11) is -3.88. The lowest BCUT2D eigenvalue weighted by molar-refractivity contribution is 0.198. The molecule has 0 aliphatic heterocycles. The molecule has 4 N–H and O–H groups in total. The highest BCUT2D eigenvalue weighted by Gasteiger charge is 2.20. The molecule has 0 saturated heterocycles. The zero-order valence-electron chi connectivity index (χ0n) is 15.0. The summed E-state index contributed by atoms with van der Waals surface area (Å²) in [6.07, 6.45) is 2.00. The Morgan fingerprint density at radius 3 is 2.43 bits per heavy atom. The molecule has 0 bridgehead atoms. The predicted octanol–water partition coefficient (Wildman–Crippen LogP) is 2.19. The van der Waals surface area contributed by atoms with Crippen LogP contribution in [0.3, 0.4) is 0 Å². The molecule has 146 valence electrons. The van der Waals surface area contributed by atoms with Gasteiger partial charge in [-0.25, -0.2) is 27.5 Å². The van der Waals surface area contributed by atoms with Crippen molar-refractivity contribution in [2.45, 2.75) is 17.9 Å². The van der Waals surface area contributed by atoms with Crippen LogP contribution in [0.2, 0.25) is 0 Å². The summed E-state index contributed by atoms with van der Waals surface area (Å²) in [6.45, 7) is 1.35. The number of aromatic nitrogens is 2. The maximum absolute atomic E-state index is 14.7. The van der Waals surface area contributed by atoms with Crippen molar-refractivity contribution in [2.75, 3.05) is 12.3 Å². The highest BCUT2D eigenvalue weighted by molar-refractivity contribution is 7.89. The Balaban J connectivity index is 2.01. The lowest BCUT2D eigenvalue weighted by Gasteiger charge is -2.13. The second-order valence-corrected chi connectivity index (χ2v) is 7.96. The largest absolute Gasteiger partial charge is 0.392 e. The van der Waals surface area contributed by atoms with Crippen LogP contribution in [-0.4, -0.2) is 36.1 Å². The van der Waals surface area contributed by atoms with Crippen LogP contribution in [0, 0.1) is 5.82 Å². The van der Waals surface area contributed by atoms with Gasteiger partial charge in [0.1, 0.15) is 5.82 Å². The predicted molar refractivity (Wildman–Crippen MR) is 104 cm³/mol. The minimum Gasteiger partial charge on any atom is -0.392 e. The third-order valence-corrected chi connectivity index (χ3v) is 5.49. The molecule has 1 aromatic heterocycles. The number of nitrogens with zero attached hydrogens (tertiary/aromatic N) is 2. The fraction of sp³-hybridized carbons (Fsp3) is 0.158. The number of sulfonamides is 1. The molecular formula is C19H19FN4O3S. The van der Waals surface area contributed by atoms with Gasteiger partial charge in [-0.2, -0.15) is 0 Å². The number of nitrogens with two attached hydrogens (primary N) is 1. The van der Waals surface area contributed by atoms with E-state index < -0.39 is 21.9 Å². The van der Waals surface area contributed by atoms with Crippen molar-refractivity contribution in [3.05, 3.63) is 60.7 Å². The van der Waals surface area contributed by atoms with E-state index in [1.807, 2.05) is 0 Å². The average Bonchev–Trinajstić information content (AvgIpc) is 2.67. The molecular weight excluding hydrogens is 383 g/mol. The van der Waals surface area contributed by atoms with E-state index in [9.17, 15) is 17.9 Å². The second kappa shape index (κ2) is 8.01. The van der Waals surface area contributed by atoms with E-state index in [1.54, 1.807) is 24.3 Å². The summed E-state index contributed by atoms with van der Waals surface area (Å²) >= 11 is 0. The fourth-order valence-electron chi connectivity index (χ4n) is 2.64. The number of nitrogen functional groups attached to an aromatic ring is 1. The van der Waals surface area contributed by atoms with Crippen LogP contribution in [-0.2, 0) is 10.0 Å². The highest BCUT2D eigenvalue weighted by Crippen LogP contribution is 2.31. The van der Waals surface area contributed by atoms with Crippen molar-refractivity contribution in [3.8, 4) is 22.3 Å². The van der Waals surface area contributed by atoms with Gasteiger partial charge in [-0.15, -0.1) is 0 Å². The maximum atomic E-state index is 14.7. The Hall–Kier alpha value is -2.88. The molecule has 9 heteroatoms. The molecule has 0 fully saturated rings. The van der Waals surface area contributed by atoms with E-state index in [1.165, 1.54) is 37.5 Å². The molecule has 3 rings (SSSR count). The Bertz CT molecular complexity index is 1090. The molecule has 0 spiro atoms. The lowest BCUT2D eigenvalue weighted by Crippen LogP contribution is -2.31. The van der Waals surface area contributed by atoms with E-state index in [0.29, 0.717) is 16.7 Å². The Kier molecular flexibility index (Phi) is 5.68. The van der Waals surface area contributed by atoms with Crippen molar-refractivity contribution in [1.82, 2.24) is 14.7 Å². The van der Waals surface area contributed by atoms with Gasteiger partial charge in [0, 0.05) is 35.6 Å². The molecule has 0 aliphatic carbocycles. The van der Waals surface area contributed by atoms with Crippen molar-refractivity contribution >= 4 is 16.0 Å². The van der Waals surface area contributed by atoms with Gasteiger partial charge in [0.2, 0.25) is 16.0 Å². The van der Waals surface area contributed by atoms with Crippen LogP contribution in [0.15, 0.2) is 59.8 Å². The highest BCUT2D eigenvalue weighted by atomic mass is 32.2. The number of hydrogen-bond donors (Lipinski definition) is 3. The van der Waals surface area contributed by atoms with Gasteiger partial charge >= 0.3 is 0 Å². The summed E-state index contributed by atoms with van der Waals surface area (Å²) in [5.41, 5.74) is 6.93. The molecule has 3 aromatic rings. The summed E-state index contributed by atoms with van der Waals surface area (Å²) < 4.78 is 42.2. The number of benzene rings is 2. The second-order valence-electron chi connectivity index (χ2n) is 6.22. The van der Waals surface area contributed by atoms with Crippen molar-refractivity contribution in [3.63, 3.8) is 0 Å². The number of anilines is 1. The van der Waals surface area contributed by atoms with Crippen LogP contribution in [0.4, 0.5) is 10.3 Å². The SMILES string of the molecule is C[C@@H](O)CNS(=O)(=O)c1ccccc1-c1ccc(-c2cnc(N)nc2)c(F)c1. The minimum absolute atomic E-state index is 0.00128. The lowest BCUT2D eigenvalue weighted by atomic mass is 10.0. The van der Waals surface area contributed by atoms with Crippen LogP contribution >= 0.6 is 0 Å². The first kappa shape index (κ1) is 19.9. The number of rotatable bonds is 6. The molecule has 0 unspecified atom stereocenters. The number of hydrogen-bond acceptors (Lipinski definition) is 6. The van der Waals surface area contributed by atoms with Crippen molar-refractivity contribution < 1.29 is 17.9 Å². The van der Waals surface area contributed by atoms with Gasteiger partial charge in [0.05, 0.1) is 11.0 Å². The number of aliphatic hydroxyl groups excluding tert-OH is 1. The number of halogens is 1. The van der Waals surface area contributed by atoms with Crippen molar-refractivity contribution in [2.24, 2.45) is 0 Å². The number of nitrogens with one attached hydrogen (secondary N) is 1. The van der Waals surface area contributed by atoms with E-state index in [-0.39, 0.29) is 23.0 Å². The first-order valence-corrected chi connectivity index (χ1v) is 9.91. The Labute approximate surface area is 162 Å². The topological polar surface area (TPSA) is 118 Å². The van der Waals surface area contributed by atoms with Crippen molar-refractivity contribution in [1.29, 1.82) is 0 Å². The van der Waals surface area contributed by atoms with Crippen LogP contribution in [0.1, 0.15) is 6.92 Å². The van der Waals surface area contributed by atoms with Gasteiger partial charge < -0.3 is 10.8 Å². The van der Waals surface area contributed by atoms with Crippen LogP contribution in [0.25, 0.3) is 22.3 Å². The number of aliphatic hydroxyl groups is 1. The smallest absolute Gasteiger partial charge is 0.241 e. The Morgan fingerprint density at radius 2 is 1.79 bits per heavy atom. The Morgan fingerprint density at radius 1 is 1.11 bits per heavy atom. The zero-order valence-corrected chi connectivity index (χ0v) is 15.8. The van der Waals surface area contributed by atoms with Crippen LogP contribution in [0.5, 0.6) is 0 Å². The maximum Gasteiger partial charge on any atom is 0.241 e. The van der Waals surface area contributed by atoms with E-state index in [4.69, 9.17) is 5.73 Å². The molecule has 7 nitrogen and oxygen atoms in total. The van der Waals surface area contributed by atoms with E-state index in [0.717, 1.165) is 0 Å². The van der Waals surface area contributed by atoms with Gasteiger partial charge in [-0.3, -0.25) is 0 Å². The zero-order chi connectivity index (χ0) is 20.3. The van der Waals surface area contributed by atoms with E-state index in [2.05, 4.69) is 14.7 Å². The molecule has 0 aliphatic rings. The van der Waals surface area contributed by atoms with Gasteiger partial charge in [-0.05, 0) is 24.6 Å². The summed E-state index contributed by atoms with van der Waals surface area (Å²) in [6, 6.07) is 10.7. The molecule has 1 atom stereocenters. The summed E-state index contributed by atoms with van der Waals surface area (Å²) in [5.74, 6) is -0.459. The quantitative estimate of drug-likeness (QED) is 0.582. The van der Waals surface area contributed by atoms with Gasteiger partial charge in [0.15, 0.2) is 0 Å². The first-order chi connectivity index (χ1) is 13.3. The molecule has 2 aromatic carbocycles. The molecule has 0 radical (unpaired) electrons. The first-order valence-electron chi connectivity index (χ1n) is 8.42. The molecule has 28 heavy (non-hydrogen) atoms. The molecule has 0 saturated carbocycles. The standard InChI is InChI=1S/C19H19FN4O3S/c1-12(25)9-24-28(26,27)18-5-3-2-4-16(18)13-6-7-15(17(20)8-13)14-10-22-19(21)23-11-14/h2-8,10-12,24-25H,9H2,1H3,(H2,21,22,23)/t12-/m1/s1. The normalized spacial score (nSPS) is 12.7. The molecule has 0 amide bonds. The van der Waals surface area contributed by atoms with E-state index >= 15 is 0 Å². The third kappa shape index (κ3) is 4.33.